The molecule has 0 spiro atoms. The van der Waals surface area contributed by atoms with Crippen LogP contribution in [0.5, 0.6) is 0 Å². The van der Waals surface area contributed by atoms with Crippen molar-refractivity contribution in [2.45, 2.75) is 19.8 Å². The van der Waals surface area contributed by atoms with Gasteiger partial charge in [0, 0.05) is 10.9 Å². The highest BCUT2D eigenvalue weighted by molar-refractivity contribution is 6.30. The summed E-state index contributed by atoms with van der Waals surface area (Å²) in [6.45, 7) is 4.07. The van der Waals surface area contributed by atoms with Gasteiger partial charge in [-0.2, -0.15) is 0 Å². The Kier molecular flexibility index (Phi) is 2.88. The van der Waals surface area contributed by atoms with Crippen LogP contribution < -0.4 is 5.73 Å². The summed E-state index contributed by atoms with van der Waals surface area (Å²) in [4.78, 5) is 0. The van der Waals surface area contributed by atoms with Crippen molar-refractivity contribution in [3.8, 4) is 11.1 Å². The molecule has 0 saturated heterocycles. The lowest BCUT2D eigenvalue weighted by Gasteiger charge is -2.05. The zero-order valence-electron chi connectivity index (χ0n) is 9.20. The third kappa shape index (κ3) is 1.91. The molecule has 1 aromatic heterocycles. The molecule has 1 aromatic carbocycles. The zero-order valence-corrected chi connectivity index (χ0v) is 9.95. The summed E-state index contributed by atoms with van der Waals surface area (Å²) in [5, 5.41) is 4.48. The highest BCUT2D eigenvalue weighted by Gasteiger charge is 2.18. The van der Waals surface area contributed by atoms with Gasteiger partial charge in [-0.3, -0.25) is 0 Å². The number of benzene rings is 1. The maximum absolute atomic E-state index is 5.95. The molecule has 0 unspecified atom stereocenters. The Labute approximate surface area is 99.2 Å². The summed E-state index contributed by atoms with van der Waals surface area (Å²) in [5.74, 6) is 1.43. The molecule has 3 nitrogen and oxygen atoms in total. The van der Waals surface area contributed by atoms with Gasteiger partial charge in [0.2, 0.25) is 0 Å². The topological polar surface area (TPSA) is 52.0 Å². The van der Waals surface area contributed by atoms with E-state index < -0.39 is 0 Å². The molecule has 1 heterocycles. The van der Waals surface area contributed by atoms with E-state index in [2.05, 4.69) is 5.16 Å². The van der Waals surface area contributed by atoms with E-state index in [1.54, 1.807) is 0 Å². The Morgan fingerprint density at radius 2 is 2.12 bits per heavy atom. The summed E-state index contributed by atoms with van der Waals surface area (Å²) < 4.78 is 5.23. The number of halogens is 1. The highest BCUT2D eigenvalue weighted by atomic mass is 35.5. The summed E-state index contributed by atoms with van der Waals surface area (Å²) in [6, 6.07) is 7.51. The Morgan fingerprint density at radius 3 is 2.75 bits per heavy atom. The van der Waals surface area contributed by atoms with Crippen molar-refractivity contribution in [1.29, 1.82) is 0 Å². The van der Waals surface area contributed by atoms with E-state index in [1.165, 1.54) is 0 Å². The number of aromatic nitrogens is 1. The van der Waals surface area contributed by atoms with Gasteiger partial charge in [-0.15, -0.1) is 0 Å². The second-order valence-corrected chi connectivity index (χ2v) is 4.41. The number of hydrogen-bond donors (Lipinski definition) is 1. The lowest BCUT2D eigenvalue weighted by molar-refractivity contribution is 0.374. The third-order valence-electron chi connectivity index (χ3n) is 2.38. The van der Waals surface area contributed by atoms with Crippen molar-refractivity contribution < 1.29 is 4.52 Å². The van der Waals surface area contributed by atoms with Crippen molar-refractivity contribution in [3.05, 3.63) is 35.0 Å². The van der Waals surface area contributed by atoms with Crippen molar-refractivity contribution in [2.75, 3.05) is 5.73 Å². The van der Waals surface area contributed by atoms with Gasteiger partial charge in [0.05, 0.1) is 5.56 Å². The van der Waals surface area contributed by atoms with Crippen molar-refractivity contribution >= 4 is 17.4 Å². The van der Waals surface area contributed by atoms with Gasteiger partial charge in [0.1, 0.15) is 5.76 Å². The van der Waals surface area contributed by atoms with Gasteiger partial charge in [-0.25, -0.2) is 0 Å². The van der Waals surface area contributed by atoms with Crippen LogP contribution >= 0.6 is 11.6 Å². The minimum atomic E-state index is 0.235. The molecule has 0 fully saturated rings. The fraction of sp³-hybridized carbons (Fsp3) is 0.250. The Bertz CT molecular complexity index is 505. The van der Waals surface area contributed by atoms with E-state index in [4.69, 9.17) is 21.9 Å². The number of anilines is 1. The van der Waals surface area contributed by atoms with Crippen LogP contribution in [0, 0.1) is 0 Å². The molecular formula is C12H13ClN2O. The second-order valence-electron chi connectivity index (χ2n) is 3.97. The lowest BCUT2D eigenvalue weighted by atomic mass is 10.0. The molecule has 16 heavy (non-hydrogen) atoms. The Hall–Kier alpha value is -1.48. The van der Waals surface area contributed by atoms with Crippen molar-refractivity contribution in [1.82, 2.24) is 5.16 Å². The van der Waals surface area contributed by atoms with Gasteiger partial charge in [-0.05, 0) is 17.7 Å². The standard InChI is InChI=1S/C12H13ClN2O/c1-7(2)11-10(12(14)15-16-11)8-4-3-5-9(13)6-8/h3-7H,1-2H3,(H2,14,15). The average molecular weight is 237 g/mol. The van der Waals surface area contributed by atoms with Crippen LogP contribution in [-0.2, 0) is 0 Å². The monoisotopic (exact) mass is 236 g/mol. The molecule has 0 aliphatic heterocycles. The molecule has 4 heteroatoms. The predicted molar refractivity (Wildman–Crippen MR) is 65.5 cm³/mol. The van der Waals surface area contributed by atoms with Gasteiger partial charge < -0.3 is 10.3 Å². The maximum Gasteiger partial charge on any atom is 0.175 e. The highest BCUT2D eigenvalue weighted by Crippen LogP contribution is 2.34. The molecule has 2 aromatic rings. The summed E-state index contributed by atoms with van der Waals surface area (Å²) in [6.07, 6.45) is 0. The molecule has 0 radical (unpaired) electrons. The molecule has 0 bridgehead atoms. The minimum absolute atomic E-state index is 0.235. The fourth-order valence-corrected chi connectivity index (χ4v) is 1.83. The van der Waals surface area contributed by atoms with E-state index in [0.29, 0.717) is 10.8 Å². The summed E-state index contributed by atoms with van der Waals surface area (Å²) in [5.41, 5.74) is 7.60. The van der Waals surface area contributed by atoms with Gasteiger partial charge in [0.15, 0.2) is 5.82 Å². The second kappa shape index (κ2) is 4.18. The first kappa shape index (κ1) is 11.0. The van der Waals surface area contributed by atoms with Crippen molar-refractivity contribution in [3.63, 3.8) is 0 Å². The quantitative estimate of drug-likeness (QED) is 0.865. The van der Waals surface area contributed by atoms with Crippen LogP contribution in [0.25, 0.3) is 11.1 Å². The zero-order chi connectivity index (χ0) is 11.7. The van der Waals surface area contributed by atoms with Crippen LogP contribution in [0.3, 0.4) is 0 Å². The van der Waals surface area contributed by atoms with E-state index in [0.717, 1.165) is 16.9 Å². The van der Waals surface area contributed by atoms with Crippen molar-refractivity contribution in [2.24, 2.45) is 0 Å². The molecule has 0 aliphatic rings. The SMILES string of the molecule is CC(C)c1onc(N)c1-c1cccc(Cl)c1. The smallest absolute Gasteiger partial charge is 0.175 e. The molecule has 84 valence electrons. The first-order chi connectivity index (χ1) is 7.59. The first-order valence-electron chi connectivity index (χ1n) is 5.10. The van der Waals surface area contributed by atoms with Crippen LogP contribution in [0.4, 0.5) is 5.82 Å². The van der Waals surface area contributed by atoms with E-state index >= 15 is 0 Å². The normalized spacial score (nSPS) is 11.0. The largest absolute Gasteiger partial charge is 0.380 e. The maximum atomic E-state index is 5.95. The molecule has 2 N–H and O–H groups in total. The van der Waals surface area contributed by atoms with Gasteiger partial charge >= 0.3 is 0 Å². The third-order valence-corrected chi connectivity index (χ3v) is 2.62. The fourth-order valence-electron chi connectivity index (χ4n) is 1.64. The van der Waals surface area contributed by atoms with E-state index in [1.807, 2.05) is 38.1 Å². The molecule has 0 amide bonds. The van der Waals surface area contributed by atoms with E-state index in [9.17, 15) is 0 Å². The number of nitrogens with two attached hydrogens (primary N) is 1. The molecule has 0 aliphatic carbocycles. The number of rotatable bonds is 2. The van der Waals surface area contributed by atoms with E-state index in [-0.39, 0.29) is 5.92 Å². The van der Waals surface area contributed by atoms with Crippen LogP contribution in [0.1, 0.15) is 25.5 Å². The van der Waals surface area contributed by atoms with Gasteiger partial charge in [-0.1, -0.05) is 42.7 Å². The Balaban J connectivity index is 2.59. The Morgan fingerprint density at radius 1 is 1.38 bits per heavy atom. The number of nitrogen functional groups attached to an aromatic ring is 1. The summed E-state index contributed by atoms with van der Waals surface area (Å²) >= 11 is 5.95. The number of hydrogen-bond acceptors (Lipinski definition) is 3. The minimum Gasteiger partial charge on any atom is -0.380 e. The number of nitrogens with zero attached hydrogens (tertiary/aromatic N) is 1. The molecular weight excluding hydrogens is 224 g/mol. The first-order valence-corrected chi connectivity index (χ1v) is 5.48. The average Bonchev–Trinajstić information content (AvgIpc) is 2.60. The van der Waals surface area contributed by atoms with Crippen LogP contribution in [0.15, 0.2) is 28.8 Å². The molecule has 0 saturated carbocycles. The van der Waals surface area contributed by atoms with Crippen LogP contribution in [0.2, 0.25) is 5.02 Å². The molecule has 0 atom stereocenters. The lowest BCUT2D eigenvalue weighted by Crippen LogP contribution is -1.92. The van der Waals surface area contributed by atoms with Gasteiger partial charge in [0.25, 0.3) is 0 Å². The predicted octanol–water partition coefficient (Wildman–Crippen LogP) is 3.70. The summed E-state index contributed by atoms with van der Waals surface area (Å²) in [7, 11) is 0. The molecule has 2 rings (SSSR count). The van der Waals surface area contributed by atoms with Crippen LogP contribution in [-0.4, -0.2) is 5.16 Å².